The van der Waals surface area contributed by atoms with Crippen LogP contribution in [-0.2, 0) is 6.54 Å². The monoisotopic (exact) mass is 272 g/mol. The van der Waals surface area contributed by atoms with Gasteiger partial charge in [0, 0.05) is 23.7 Å². The molecular formula is C13H21ClN2S. The molecule has 1 fully saturated rings. The van der Waals surface area contributed by atoms with Gasteiger partial charge in [-0.1, -0.05) is 25.4 Å². The van der Waals surface area contributed by atoms with Gasteiger partial charge in [-0.2, -0.15) is 0 Å². The molecule has 2 rings (SSSR count). The lowest BCUT2D eigenvalue weighted by Gasteiger charge is -2.38. The Kier molecular flexibility index (Phi) is 4.11. The second-order valence-corrected chi connectivity index (χ2v) is 7.59. The van der Waals surface area contributed by atoms with Gasteiger partial charge in [0.15, 0.2) is 4.47 Å². The molecule has 1 aliphatic rings. The largest absolute Gasteiger partial charge is 0.298 e. The number of halogens is 1. The Morgan fingerprint density at radius 3 is 2.65 bits per heavy atom. The molecule has 0 atom stereocenters. The van der Waals surface area contributed by atoms with E-state index in [-0.39, 0.29) is 0 Å². The van der Waals surface area contributed by atoms with E-state index in [0.29, 0.717) is 9.88 Å². The molecule has 1 aliphatic carbocycles. The maximum atomic E-state index is 5.86. The van der Waals surface area contributed by atoms with Gasteiger partial charge in [0.05, 0.1) is 0 Å². The second-order valence-electron chi connectivity index (χ2n) is 5.89. The number of hydrogen-bond donors (Lipinski definition) is 0. The van der Waals surface area contributed by atoms with Gasteiger partial charge in [0.1, 0.15) is 0 Å². The number of hydrogen-bond acceptors (Lipinski definition) is 3. The van der Waals surface area contributed by atoms with E-state index in [4.69, 9.17) is 11.6 Å². The Hall–Kier alpha value is -0.120. The van der Waals surface area contributed by atoms with E-state index in [0.717, 1.165) is 12.6 Å². The topological polar surface area (TPSA) is 16.1 Å². The van der Waals surface area contributed by atoms with Gasteiger partial charge >= 0.3 is 0 Å². The number of thiazole rings is 1. The summed E-state index contributed by atoms with van der Waals surface area (Å²) in [5, 5.41) is 0. The second kappa shape index (κ2) is 5.25. The molecule has 0 bridgehead atoms. The summed E-state index contributed by atoms with van der Waals surface area (Å²) in [6, 6.07) is 0.726. The van der Waals surface area contributed by atoms with Crippen LogP contribution in [0.2, 0.25) is 4.47 Å². The molecule has 0 radical (unpaired) electrons. The van der Waals surface area contributed by atoms with E-state index in [1.807, 2.05) is 6.20 Å². The van der Waals surface area contributed by atoms with Crippen LogP contribution in [0.4, 0.5) is 0 Å². The quantitative estimate of drug-likeness (QED) is 0.820. The van der Waals surface area contributed by atoms with Crippen LogP contribution in [0.1, 0.15) is 44.4 Å². The number of aromatic nitrogens is 1. The van der Waals surface area contributed by atoms with Gasteiger partial charge in [-0.05, 0) is 38.1 Å². The standard InChI is InChI=1S/C13H21ClN2S/c1-13(2)6-4-10(5-7-13)16(3)9-11-8-15-12(14)17-11/h8,10H,4-7,9H2,1-3H3. The molecule has 1 aromatic heterocycles. The Morgan fingerprint density at radius 2 is 2.12 bits per heavy atom. The molecule has 96 valence electrons. The smallest absolute Gasteiger partial charge is 0.183 e. The fourth-order valence-electron chi connectivity index (χ4n) is 2.56. The summed E-state index contributed by atoms with van der Waals surface area (Å²) in [5.41, 5.74) is 0.547. The molecular weight excluding hydrogens is 252 g/mol. The Morgan fingerprint density at radius 1 is 1.47 bits per heavy atom. The van der Waals surface area contributed by atoms with Gasteiger partial charge in [-0.3, -0.25) is 4.90 Å². The van der Waals surface area contributed by atoms with Crippen LogP contribution in [0.5, 0.6) is 0 Å². The molecule has 0 unspecified atom stereocenters. The van der Waals surface area contributed by atoms with Crippen LogP contribution >= 0.6 is 22.9 Å². The highest BCUT2D eigenvalue weighted by molar-refractivity contribution is 7.15. The van der Waals surface area contributed by atoms with Gasteiger partial charge in [0.25, 0.3) is 0 Å². The van der Waals surface area contributed by atoms with Crippen LogP contribution in [0.3, 0.4) is 0 Å². The summed E-state index contributed by atoms with van der Waals surface area (Å²) < 4.78 is 0.651. The van der Waals surface area contributed by atoms with Gasteiger partial charge in [-0.15, -0.1) is 11.3 Å². The number of rotatable bonds is 3. The summed E-state index contributed by atoms with van der Waals surface area (Å²) in [6.45, 7) is 5.74. The average molecular weight is 273 g/mol. The molecule has 4 heteroatoms. The van der Waals surface area contributed by atoms with Crippen molar-refractivity contribution in [2.45, 2.75) is 52.1 Å². The highest BCUT2D eigenvalue weighted by atomic mass is 35.5. The molecule has 1 aromatic rings. The first kappa shape index (κ1) is 13.3. The zero-order valence-corrected chi connectivity index (χ0v) is 12.4. The molecule has 0 saturated heterocycles. The molecule has 0 aromatic carbocycles. The van der Waals surface area contributed by atoms with E-state index < -0.39 is 0 Å². The maximum Gasteiger partial charge on any atom is 0.183 e. The van der Waals surface area contributed by atoms with Crippen LogP contribution in [0.25, 0.3) is 0 Å². The van der Waals surface area contributed by atoms with Crippen molar-refractivity contribution in [3.05, 3.63) is 15.5 Å². The van der Waals surface area contributed by atoms with E-state index in [1.165, 1.54) is 30.6 Å². The average Bonchev–Trinajstić information content (AvgIpc) is 2.63. The molecule has 1 saturated carbocycles. The third kappa shape index (κ3) is 3.67. The van der Waals surface area contributed by atoms with Crippen molar-refractivity contribution in [3.63, 3.8) is 0 Å². The molecule has 0 aliphatic heterocycles. The summed E-state index contributed by atoms with van der Waals surface area (Å²) in [4.78, 5) is 7.82. The minimum atomic E-state index is 0.547. The van der Waals surface area contributed by atoms with E-state index >= 15 is 0 Å². The van der Waals surface area contributed by atoms with Crippen LogP contribution in [-0.4, -0.2) is 23.0 Å². The highest BCUT2D eigenvalue weighted by Gasteiger charge is 2.28. The highest BCUT2D eigenvalue weighted by Crippen LogP contribution is 2.37. The Bertz CT molecular complexity index is 365. The van der Waals surface area contributed by atoms with E-state index in [2.05, 4.69) is 30.8 Å². The summed E-state index contributed by atoms with van der Waals surface area (Å²) >= 11 is 7.45. The molecule has 17 heavy (non-hydrogen) atoms. The SMILES string of the molecule is CN(Cc1cnc(Cl)s1)C1CCC(C)(C)CC1. The fourth-order valence-corrected chi connectivity index (χ4v) is 3.60. The molecule has 0 spiro atoms. The van der Waals surface area contributed by atoms with Crippen LogP contribution in [0.15, 0.2) is 6.20 Å². The minimum Gasteiger partial charge on any atom is -0.298 e. The van der Waals surface area contributed by atoms with E-state index in [9.17, 15) is 0 Å². The van der Waals surface area contributed by atoms with Gasteiger partial charge < -0.3 is 0 Å². The lowest BCUT2D eigenvalue weighted by molar-refractivity contribution is 0.123. The maximum absolute atomic E-state index is 5.86. The van der Waals surface area contributed by atoms with Crippen molar-refractivity contribution in [1.82, 2.24) is 9.88 Å². The van der Waals surface area contributed by atoms with Crippen molar-refractivity contribution >= 4 is 22.9 Å². The summed E-state index contributed by atoms with van der Waals surface area (Å²) in [7, 11) is 2.22. The predicted molar refractivity (Wildman–Crippen MR) is 74.6 cm³/mol. The predicted octanol–water partition coefficient (Wildman–Crippen LogP) is 4.20. The Labute approximate surface area is 113 Å². The normalized spacial score (nSPS) is 21.0. The lowest BCUT2D eigenvalue weighted by Crippen LogP contribution is -2.36. The zero-order valence-electron chi connectivity index (χ0n) is 10.9. The third-order valence-corrected chi connectivity index (χ3v) is 4.96. The van der Waals surface area contributed by atoms with Crippen molar-refractivity contribution in [2.75, 3.05) is 7.05 Å². The first-order valence-corrected chi connectivity index (χ1v) is 7.46. The molecule has 0 N–H and O–H groups in total. The molecule has 0 amide bonds. The first-order valence-electron chi connectivity index (χ1n) is 6.27. The first-order chi connectivity index (χ1) is 7.96. The Balaban J connectivity index is 1.87. The lowest BCUT2D eigenvalue weighted by atomic mass is 9.75. The van der Waals surface area contributed by atoms with Crippen LogP contribution in [0, 0.1) is 5.41 Å². The van der Waals surface area contributed by atoms with Gasteiger partial charge in [0.2, 0.25) is 0 Å². The molecule has 2 nitrogen and oxygen atoms in total. The minimum absolute atomic E-state index is 0.547. The van der Waals surface area contributed by atoms with Crippen molar-refractivity contribution in [2.24, 2.45) is 5.41 Å². The van der Waals surface area contributed by atoms with Crippen molar-refractivity contribution in [3.8, 4) is 0 Å². The van der Waals surface area contributed by atoms with Crippen molar-refractivity contribution < 1.29 is 0 Å². The summed E-state index contributed by atoms with van der Waals surface area (Å²) in [6.07, 6.45) is 7.21. The summed E-state index contributed by atoms with van der Waals surface area (Å²) in [5.74, 6) is 0. The zero-order chi connectivity index (χ0) is 12.5. The number of nitrogens with zero attached hydrogens (tertiary/aromatic N) is 2. The van der Waals surface area contributed by atoms with Gasteiger partial charge in [-0.25, -0.2) is 4.98 Å². The van der Waals surface area contributed by atoms with Crippen LogP contribution < -0.4 is 0 Å². The fraction of sp³-hybridized carbons (Fsp3) is 0.769. The van der Waals surface area contributed by atoms with E-state index in [1.54, 1.807) is 11.3 Å². The van der Waals surface area contributed by atoms with Crippen molar-refractivity contribution in [1.29, 1.82) is 0 Å². The third-order valence-electron chi connectivity index (χ3n) is 3.86. The molecule has 1 heterocycles.